The average Bonchev–Trinajstić information content (AvgIpc) is 2.51. The number of halogens is 1. The minimum absolute atomic E-state index is 0.117. The van der Waals surface area contributed by atoms with Crippen LogP contribution in [-0.4, -0.2) is 9.78 Å². The first-order chi connectivity index (χ1) is 10.2. The van der Waals surface area contributed by atoms with E-state index in [0.717, 1.165) is 17.5 Å². The van der Waals surface area contributed by atoms with E-state index in [2.05, 4.69) is 26.3 Å². The van der Waals surface area contributed by atoms with Crippen molar-refractivity contribution >= 4 is 21.6 Å². The number of nitrogens with zero attached hydrogens (tertiary/aromatic N) is 2. The lowest BCUT2D eigenvalue weighted by molar-refractivity contribution is 0.566. The Hall–Kier alpha value is -1.66. The maximum absolute atomic E-state index is 12.1. The van der Waals surface area contributed by atoms with Crippen molar-refractivity contribution in [3.05, 3.63) is 56.4 Å². The van der Waals surface area contributed by atoms with E-state index in [1.54, 1.807) is 6.20 Å². The smallest absolute Gasteiger partial charge is 0.283 e. The molecule has 0 unspecified atom stereocenters. The monoisotopic (exact) mass is 350 g/mol. The van der Waals surface area contributed by atoms with Crippen molar-refractivity contribution < 1.29 is 0 Å². The van der Waals surface area contributed by atoms with Crippen molar-refractivity contribution in [2.75, 3.05) is 5.32 Å². The molecule has 2 aromatic rings. The van der Waals surface area contributed by atoms with Crippen LogP contribution in [0, 0.1) is 0 Å². The van der Waals surface area contributed by atoms with Crippen LogP contribution in [0.3, 0.4) is 0 Å². The lowest BCUT2D eigenvalue weighted by Crippen LogP contribution is -2.24. The fourth-order valence-electron chi connectivity index (χ4n) is 2.08. The Labute approximate surface area is 132 Å². The fourth-order valence-corrected chi connectivity index (χ4v) is 2.53. The van der Waals surface area contributed by atoms with Gasteiger partial charge < -0.3 is 11.1 Å². The number of rotatable bonds is 6. The van der Waals surface area contributed by atoms with Crippen molar-refractivity contribution in [3.8, 4) is 0 Å². The first-order valence-electron chi connectivity index (χ1n) is 6.93. The second-order valence-electron chi connectivity index (χ2n) is 4.73. The van der Waals surface area contributed by atoms with Gasteiger partial charge in [-0.25, -0.2) is 4.68 Å². The summed E-state index contributed by atoms with van der Waals surface area (Å²) in [5.41, 5.74) is 8.51. The van der Waals surface area contributed by atoms with Crippen molar-refractivity contribution in [3.63, 3.8) is 0 Å². The van der Waals surface area contributed by atoms with E-state index in [0.29, 0.717) is 29.8 Å². The van der Waals surface area contributed by atoms with E-state index in [-0.39, 0.29) is 5.56 Å². The molecule has 0 radical (unpaired) electrons. The molecule has 21 heavy (non-hydrogen) atoms. The number of nitrogens with one attached hydrogen (secondary N) is 1. The molecule has 0 saturated carbocycles. The first-order valence-corrected chi connectivity index (χ1v) is 7.73. The summed E-state index contributed by atoms with van der Waals surface area (Å²) in [5.74, 6) is 0. The van der Waals surface area contributed by atoms with Crippen LogP contribution in [0.2, 0.25) is 0 Å². The lowest BCUT2D eigenvalue weighted by Gasteiger charge is -2.12. The molecule has 6 heteroatoms. The Bertz CT molecular complexity index is 669. The summed E-state index contributed by atoms with van der Waals surface area (Å²) < 4.78 is 1.97. The SMILES string of the molecule is CCCn1ncc(NCc2ccccc2CN)c(Br)c1=O. The third-order valence-electron chi connectivity index (χ3n) is 3.23. The zero-order chi connectivity index (χ0) is 15.2. The maximum Gasteiger partial charge on any atom is 0.283 e. The lowest BCUT2D eigenvalue weighted by atomic mass is 10.1. The van der Waals surface area contributed by atoms with Gasteiger partial charge in [-0.3, -0.25) is 4.79 Å². The Morgan fingerprint density at radius 2 is 2.05 bits per heavy atom. The topological polar surface area (TPSA) is 72.9 Å². The van der Waals surface area contributed by atoms with Crippen molar-refractivity contribution in [1.82, 2.24) is 9.78 Å². The minimum Gasteiger partial charge on any atom is -0.379 e. The van der Waals surface area contributed by atoms with Gasteiger partial charge in [0.15, 0.2) is 0 Å². The van der Waals surface area contributed by atoms with Crippen molar-refractivity contribution in [1.29, 1.82) is 0 Å². The molecule has 0 aliphatic heterocycles. The number of hydrogen-bond acceptors (Lipinski definition) is 4. The van der Waals surface area contributed by atoms with Gasteiger partial charge in [0.05, 0.1) is 11.9 Å². The Balaban J connectivity index is 2.17. The number of benzene rings is 1. The van der Waals surface area contributed by atoms with E-state index in [4.69, 9.17) is 5.73 Å². The van der Waals surface area contributed by atoms with E-state index < -0.39 is 0 Å². The molecule has 3 N–H and O–H groups in total. The number of hydrogen-bond donors (Lipinski definition) is 2. The molecule has 0 atom stereocenters. The quantitative estimate of drug-likeness (QED) is 0.839. The molecule has 1 aromatic carbocycles. The second-order valence-corrected chi connectivity index (χ2v) is 5.52. The van der Waals surface area contributed by atoms with E-state index in [9.17, 15) is 4.79 Å². The van der Waals surface area contributed by atoms with Gasteiger partial charge in [0.1, 0.15) is 4.47 Å². The molecule has 0 spiro atoms. The van der Waals surface area contributed by atoms with Crippen molar-refractivity contribution in [2.45, 2.75) is 33.0 Å². The van der Waals surface area contributed by atoms with E-state index >= 15 is 0 Å². The standard InChI is InChI=1S/C15H19BrN4O/c1-2-7-20-15(21)14(16)13(10-19-20)18-9-12-6-4-3-5-11(12)8-17/h3-6,10,18H,2,7-9,17H2,1H3. The minimum atomic E-state index is -0.117. The molecule has 0 amide bonds. The van der Waals surface area contributed by atoms with Gasteiger partial charge in [-0.15, -0.1) is 0 Å². The van der Waals surface area contributed by atoms with Crippen LogP contribution >= 0.6 is 15.9 Å². The van der Waals surface area contributed by atoms with Crippen LogP contribution in [0.4, 0.5) is 5.69 Å². The number of anilines is 1. The zero-order valence-corrected chi connectivity index (χ0v) is 13.6. The highest BCUT2D eigenvalue weighted by atomic mass is 79.9. The van der Waals surface area contributed by atoms with E-state index in [1.807, 2.05) is 31.2 Å². The normalized spacial score (nSPS) is 10.6. The molecule has 5 nitrogen and oxygen atoms in total. The summed E-state index contributed by atoms with van der Waals surface area (Å²) in [6, 6.07) is 7.97. The second kappa shape index (κ2) is 7.38. The predicted octanol–water partition coefficient (Wildman–Crippen LogP) is 2.49. The number of nitrogens with two attached hydrogens (primary N) is 1. The first kappa shape index (κ1) is 15.7. The Morgan fingerprint density at radius 3 is 2.71 bits per heavy atom. The van der Waals surface area contributed by atoms with Crippen LogP contribution in [-0.2, 0) is 19.6 Å². The summed E-state index contributed by atoms with van der Waals surface area (Å²) in [4.78, 5) is 12.1. The zero-order valence-electron chi connectivity index (χ0n) is 12.0. The maximum atomic E-state index is 12.1. The van der Waals surface area contributed by atoms with Crippen LogP contribution in [0.25, 0.3) is 0 Å². The van der Waals surface area contributed by atoms with Gasteiger partial charge in [0.2, 0.25) is 0 Å². The van der Waals surface area contributed by atoms with Crippen LogP contribution < -0.4 is 16.6 Å². The van der Waals surface area contributed by atoms with Crippen LogP contribution in [0.15, 0.2) is 39.7 Å². The summed E-state index contributed by atoms with van der Waals surface area (Å²) in [6.07, 6.45) is 2.54. The third kappa shape index (κ3) is 3.71. The molecule has 1 aromatic heterocycles. The third-order valence-corrected chi connectivity index (χ3v) is 3.99. The van der Waals surface area contributed by atoms with Gasteiger partial charge in [-0.2, -0.15) is 5.10 Å². The average molecular weight is 351 g/mol. The van der Waals surface area contributed by atoms with Gasteiger partial charge in [-0.05, 0) is 33.5 Å². The largest absolute Gasteiger partial charge is 0.379 e. The summed E-state index contributed by atoms with van der Waals surface area (Å²) in [7, 11) is 0. The number of aryl methyl sites for hydroxylation is 1. The molecular formula is C15H19BrN4O. The molecule has 2 rings (SSSR count). The Kier molecular flexibility index (Phi) is 5.52. The highest BCUT2D eigenvalue weighted by Crippen LogP contribution is 2.18. The van der Waals surface area contributed by atoms with E-state index in [1.165, 1.54) is 4.68 Å². The summed E-state index contributed by atoms with van der Waals surface area (Å²) in [6.45, 7) is 3.73. The van der Waals surface area contributed by atoms with Crippen LogP contribution in [0.1, 0.15) is 24.5 Å². The highest BCUT2D eigenvalue weighted by molar-refractivity contribution is 9.10. The predicted molar refractivity (Wildman–Crippen MR) is 88.1 cm³/mol. The molecule has 0 bridgehead atoms. The van der Waals surface area contributed by atoms with Gasteiger partial charge in [-0.1, -0.05) is 31.2 Å². The van der Waals surface area contributed by atoms with Crippen molar-refractivity contribution in [2.24, 2.45) is 5.73 Å². The number of aromatic nitrogens is 2. The van der Waals surface area contributed by atoms with Gasteiger partial charge in [0, 0.05) is 19.6 Å². The molecular weight excluding hydrogens is 332 g/mol. The molecule has 0 aliphatic carbocycles. The molecule has 0 aliphatic rings. The summed E-state index contributed by atoms with van der Waals surface area (Å²) in [5, 5.41) is 7.41. The van der Waals surface area contributed by atoms with Crippen LogP contribution in [0.5, 0.6) is 0 Å². The van der Waals surface area contributed by atoms with Gasteiger partial charge in [0.25, 0.3) is 5.56 Å². The fraction of sp³-hybridized carbons (Fsp3) is 0.333. The highest BCUT2D eigenvalue weighted by Gasteiger charge is 2.08. The molecule has 0 saturated heterocycles. The molecule has 1 heterocycles. The van der Waals surface area contributed by atoms with Gasteiger partial charge >= 0.3 is 0 Å². The summed E-state index contributed by atoms with van der Waals surface area (Å²) >= 11 is 3.35. The Morgan fingerprint density at radius 1 is 1.33 bits per heavy atom. The molecule has 0 fully saturated rings. The molecule has 112 valence electrons.